The van der Waals surface area contributed by atoms with Gasteiger partial charge in [-0.25, -0.2) is 14.6 Å². The van der Waals surface area contributed by atoms with Gasteiger partial charge in [-0.15, -0.1) is 0 Å². The minimum atomic E-state index is -0.961. The molecule has 43 heavy (non-hydrogen) atoms. The summed E-state index contributed by atoms with van der Waals surface area (Å²) in [4.78, 5) is 63.8. The highest BCUT2D eigenvalue weighted by molar-refractivity contribution is 6.46. The van der Waals surface area contributed by atoms with Crippen molar-refractivity contribution >= 4 is 69.9 Å². The Morgan fingerprint density at radius 2 is 1.28 bits per heavy atom. The van der Waals surface area contributed by atoms with Crippen molar-refractivity contribution in [2.24, 2.45) is 0 Å². The summed E-state index contributed by atoms with van der Waals surface area (Å²) in [6, 6.07) is 20.3. The molecule has 5 rings (SSSR count). The van der Waals surface area contributed by atoms with Crippen LogP contribution in [0.5, 0.6) is 11.5 Å². The average Bonchev–Trinajstić information content (AvgIpc) is 2.98. The standard InChI is InChI=1S/C29H16Cl2N4O8/c30-18-13-17(26(23(31)15-18)43-25-12-11-21(34(39)40)16-24(25)35(41)42)14-22-27(36)32(19-7-3-1-4-8-19)29(38)33(28(22)37)20-9-5-2-6-10-20/h1-16H. The Morgan fingerprint density at radius 3 is 1.79 bits per heavy atom. The van der Waals surface area contributed by atoms with E-state index < -0.39 is 50.4 Å². The summed E-state index contributed by atoms with van der Waals surface area (Å²) in [5.74, 6) is -2.58. The van der Waals surface area contributed by atoms with Crippen LogP contribution in [0.1, 0.15) is 5.56 Å². The number of urea groups is 1. The fraction of sp³-hybridized carbons (Fsp3) is 0. The van der Waals surface area contributed by atoms with E-state index in [1.165, 1.54) is 36.4 Å². The number of nitrogens with zero attached hydrogens (tertiary/aromatic N) is 4. The van der Waals surface area contributed by atoms with E-state index in [2.05, 4.69) is 0 Å². The summed E-state index contributed by atoms with van der Waals surface area (Å²) < 4.78 is 5.76. The average molecular weight is 619 g/mol. The van der Waals surface area contributed by atoms with Gasteiger partial charge in [0.05, 0.1) is 32.3 Å². The Balaban J connectivity index is 1.67. The van der Waals surface area contributed by atoms with E-state index in [4.69, 9.17) is 27.9 Å². The highest BCUT2D eigenvalue weighted by atomic mass is 35.5. The first-order valence-electron chi connectivity index (χ1n) is 12.2. The van der Waals surface area contributed by atoms with Crippen LogP contribution in [-0.2, 0) is 9.59 Å². The second kappa shape index (κ2) is 11.7. The molecule has 0 aliphatic carbocycles. The van der Waals surface area contributed by atoms with Crippen molar-refractivity contribution in [3.8, 4) is 11.5 Å². The number of imide groups is 2. The number of barbiturate groups is 1. The number of anilines is 2. The molecule has 0 saturated carbocycles. The summed E-state index contributed by atoms with van der Waals surface area (Å²) in [7, 11) is 0. The van der Waals surface area contributed by atoms with Crippen molar-refractivity contribution < 1.29 is 29.0 Å². The van der Waals surface area contributed by atoms with Crippen LogP contribution < -0.4 is 14.5 Å². The highest BCUT2D eigenvalue weighted by Crippen LogP contribution is 2.41. The van der Waals surface area contributed by atoms with Crippen LogP contribution in [0.4, 0.5) is 27.5 Å². The van der Waals surface area contributed by atoms with E-state index in [0.717, 1.165) is 28.0 Å². The molecule has 12 nitrogen and oxygen atoms in total. The molecule has 1 fully saturated rings. The molecule has 4 amide bonds. The number of benzene rings is 4. The van der Waals surface area contributed by atoms with Crippen molar-refractivity contribution in [1.29, 1.82) is 0 Å². The fourth-order valence-electron chi connectivity index (χ4n) is 4.25. The largest absolute Gasteiger partial charge is 0.448 e. The van der Waals surface area contributed by atoms with Gasteiger partial charge in [0.25, 0.3) is 17.5 Å². The molecular weight excluding hydrogens is 603 g/mol. The maximum absolute atomic E-state index is 13.7. The van der Waals surface area contributed by atoms with E-state index in [1.54, 1.807) is 36.4 Å². The highest BCUT2D eigenvalue weighted by Gasteiger charge is 2.44. The Hall–Kier alpha value is -5.59. The van der Waals surface area contributed by atoms with Gasteiger partial charge in [0.15, 0.2) is 5.75 Å². The normalized spacial score (nSPS) is 13.3. The SMILES string of the molecule is O=C1C(=Cc2cc(Cl)cc(Cl)c2Oc2ccc([N+](=O)[O-])cc2[N+](=O)[O-])C(=O)N(c2ccccc2)C(=O)N1c1ccccc1. The lowest BCUT2D eigenvalue weighted by molar-refractivity contribution is -0.394. The molecule has 0 radical (unpaired) electrons. The van der Waals surface area contributed by atoms with Gasteiger partial charge in [-0.1, -0.05) is 59.6 Å². The first-order valence-corrected chi connectivity index (χ1v) is 13.0. The van der Waals surface area contributed by atoms with Crippen LogP contribution >= 0.6 is 23.2 Å². The zero-order chi connectivity index (χ0) is 30.8. The molecule has 0 unspecified atom stereocenters. The van der Waals surface area contributed by atoms with Crippen molar-refractivity contribution in [2.45, 2.75) is 0 Å². The van der Waals surface area contributed by atoms with Gasteiger partial charge in [0, 0.05) is 16.7 Å². The molecular formula is C29H16Cl2N4O8. The van der Waals surface area contributed by atoms with E-state index in [9.17, 15) is 34.6 Å². The molecule has 1 aliphatic rings. The fourth-order valence-corrected chi connectivity index (χ4v) is 4.80. The molecule has 0 N–H and O–H groups in total. The smallest absolute Gasteiger partial charge is 0.343 e. The minimum Gasteiger partial charge on any atom is -0.448 e. The molecule has 0 aromatic heterocycles. The van der Waals surface area contributed by atoms with Gasteiger partial charge in [-0.05, 0) is 48.5 Å². The zero-order valence-corrected chi connectivity index (χ0v) is 23.1. The van der Waals surface area contributed by atoms with Crippen molar-refractivity contribution in [3.05, 3.63) is 132 Å². The third-order valence-electron chi connectivity index (χ3n) is 6.18. The number of nitro groups is 2. The van der Waals surface area contributed by atoms with Gasteiger partial charge in [-0.2, -0.15) is 0 Å². The van der Waals surface area contributed by atoms with Gasteiger partial charge in [0.1, 0.15) is 5.57 Å². The van der Waals surface area contributed by atoms with E-state index >= 15 is 0 Å². The van der Waals surface area contributed by atoms with Gasteiger partial charge < -0.3 is 4.74 Å². The van der Waals surface area contributed by atoms with Crippen LogP contribution in [0.2, 0.25) is 10.0 Å². The second-order valence-corrected chi connectivity index (χ2v) is 9.71. The molecule has 0 bridgehead atoms. The Morgan fingerprint density at radius 1 is 0.721 bits per heavy atom. The number of carbonyl (C=O) groups is 3. The Bertz CT molecular complexity index is 1780. The van der Waals surface area contributed by atoms with Crippen LogP contribution in [0.3, 0.4) is 0 Å². The molecule has 1 heterocycles. The summed E-state index contributed by atoms with van der Waals surface area (Å²) in [5.41, 5.74) is -1.42. The number of non-ortho nitro benzene ring substituents is 1. The maximum Gasteiger partial charge on any atom is 0.343 e. The number of carbonyl (C=O) groups excluding carboxylic acids is 3. The van der Waals surface area contributed by atoms with Gasteiger partial charge in [-0.3, -0.25) is 29.8 Å². The number of ether oxygens (including phenoxy) is 1. The lowest BCUT2D eigenvalue weighted by atomic mass is 10.0. The number of nitro benzene ring substituents is 2. The Labute approximate surface area is 252 Å². The molecule has 0 atom stereocenters. The van der Waals surface area contributed by atoms with E-state index in [0.29, 0.717) is 6.07 Å². The summed E-state index contributed by atoms with van der Waals surface area (Å²) in [6.07, 6.45) is 1.10. The summed E-state index contributed by atoms with van der Waals surface area (Å²) >= 11 is 12.6. The number of halogens is 2. The topological polar surface area (TPSA) is 153 Å². The first-order chi connectivity index (χ1) is 20.6. The van der Waals surface area contributed by atoms with Crippen LogP contribution in [0.15, 0.2) is 96.6 Å². The van der Waals surface area contributed by atoms with Crippen molar-refractivity contribution in [3.63, 3.8) is 0 Å². The van der Waals surface area contributed by atoms with Gasteiger partial charge in [0.2, 0.25) is 5.75 Å². The first kappa shape index (κ1) is 28.9. The molecule has 4 aromatic rings. The third-order valence-corrected chi connectivity index (χ3v) is 6.68. The van der Waals surface area contributed by atoms with E-state index in [-0.39, 0.29) is 32.7 Å². The Kier molecular flexibility index (Phi) is 7.88. The monoisotopic (exact) mass is 618 g/mol. The molecule has 0 spiro atoms. The predicted molar refractivity (Wildman–Crippen MR) is 158 cm³/mol. The van der Waals surface area contributed by atoms with Crippen LogP contribution in [0.25, 0.3) is 6.08 Å². The number of para-hydroxylation sites is 2. The van der Waals surface area contributed by atoms with Crippen LogP contribution in [0, 0.1) is 20.2 Å². The van der Waals surface area contributed by atoms with Crippen molar-refractivity contribution in [1.82, 2.24) is 0 Å². The van der Waals surface area contributed by atoms with E-state index in [1.807, 2.05) is 0 Å². The number of hydrogen-bond acceptors (Lipinski definition) is 8. The number of amides is 4. The van der Waals surface area contributed by atoms with Crippen molar-refractivity contribution in [2.75, 3.05) is 9.80 Å². The lowest BCUT2D eigenvalue weighted by Crippen LogP contribution is -2.57. The molecule has 14 heteroatoms. The molecule has 214 valence electrons. The number of hydrogen-bond donors (Lipinski definition) is 0. The zero-order valence-electron chi connectivity index (χ0n) is 21.5. The molecule has 4 aromatic carbocycles. The van der Waals surface area contributed by atoms with Crippen LogP contribution in [-0.4, -0.2) is 27.7 Å². The molecule has 1 saturated heterocycles. The third kappa shape index (κ3) is 5.64. The lowest BCUT2D eigenvalue weighted by Gasteiger charge is -2.34. The quantitative estimate of drug-likeness (QED) is 0.0912. The summed E-state index contributed by atoms with van der Waals surface area (Å²) in [5, 5.41) is 22.8. The maximum atomic E-state index is 13.7. The minimum absolute atomic E-state index is 0.0442. The molecule has 1 aliphatic heterocycles. The predicted octanol–water partition coefficient (Wildman–Crippen LogP) is 7.19. The number of rotatable bonds is 7. The summed E-state index contributed by atoms with van der Waals surface area (Å²) in [6.45, 7) is 0. The second-order valence-electron chi connectivity index (χ2n) is 8.87. The van der Waals surface area contributed by atoms with Gasteiger partial charge >= 0.3 is 11.7 Å².